The minimum atomic E-state index is 0.274. The molecule has 0 bridgehead atoms. The van der Waals surface area contributed by atoms with E-state index in [4.69, 9.17) is 4.74 Å². The van der Waals surface area contributed by atoms with E-state index < -0.39 is 0 Å². The van der Waals surface area contributed by atoms with Crippen molar-refractivity contribution in [3.63, 3.8) is 0 Å². The summed E-state index contributed by atoms with van der Waals surface area (Å²) in [5.41, 5.74) is 0.274. The van der Waals surface area contributed by atoms with Gasteiger partial charge < -0.3 is 15.0 Å². The van der Waals surface area contributed by atoms with Gasteiger partial charge >= 0.3 is 0 Å². The van der Waals surface area contributed by atoms with Crippen LogP contribution in [0.15, 0.2) is 0 Å². The lowest BCUT2D eigenvalue weighted by Crippen LogP contribution is -2.61. The summed E-state index contributed by atoms with van der Waals surface area (Å²) in [5, 5.41) is 3.66. The minimum Gasteiger partial charge on any atom is -0.377 e. The van der Waals surface area contributed by atoms with Gasteiger partial charge in [-0.05, 0) is 26.9 Å². The van der Waals surface area contributed by atoms with Crippen molar-refractivity contribution in [2.75, 3.05) is 33.4 Å². The zero-order valence-electron chi connectivity index (χ0n) is 7.97. The smallest absolute Gasteiger partial charge is 0.0669 e. The number of likely N-dealkylation sites (N-methyl/N-ethyl adjacent to an activating group) is 1. The van der Waals surface area contributed by atoms with E-state index in [2.05, 4.69) is 24.2 Å². The SMILES string of the molecule is CN1CC[C@H](NC2(C)COC2)C1. The molecule has 2 aliphatic rings. The first kappa shape index (κ1) is 8.48. The van der Waals surface area contributed by atoms with Gasteiger partial charge in [0.2, 0.25) is 0 Å². The van der Waals surface area contributed by atoms with Crippen molar-refractivity contribution in [2.24, 2.45) is 0 Å². The summed E-state index contributed by atoms with van der Waals surface area (Å²) in [6.45, 7) is 6.43. The Morgan fingerprint density at radius 2 is 2.25 bits per heavy atom. The van der Waals surface area contributed by atoms with Crippen LogP contribution in [0.25, 0.3) is 0 Å². The number of nitrogens with one attached hydrogen (secondary N) is 1. The van der Waals surface area contributed by atoms with Crippen LogP contribution in [0, 0.1) is 0 Å². The van der Waals surface area contributed by atoms with Crippen molar-refractivity contribution in [2.45, 2.75) is 24.9 Å². The highest BCUT2D eigenvalue weighted by atomic mass is 16.5. The van der Waals surface area contributed by atoms with Crippen LogP contribution < -0.4 is 5.32 Å². The molecule has 2 aliphatic heterocycles. The fourth-order valence-corrected chi connectivity index (χ4v) is 2.04. The van der Waals surface area contributed by atoms with Crippen molar-refractivity contribution in [3.8, 4) is 0 Å². The topological polar surface area (TPSA) is 24.5 Å². The molecule has 2 fully saturated rings. The summed E-state index contributed by atoms with van der Waals surface area (Å²) in [6, 6.07) is 0.684. The van der Waals surface area contributed by atoms with Gasteiger partial charge in [0, 0.05) is 12.6 Å². The van der Waals surface area contributed by atoms with E-state index in [1.165, 1.54) is 19.5 Å². The molecule has 2 rings (SSSR count). The molecule has 0 amide bonds. The number of ether oxygens (including phenoxy) is 1. The number of likely N-dealkylation sites (tertiary alicyclic amines) is 1. The fourth-order valence-electron chi connectivity index (χ4n) is 2.04. The van der Waals surface area contributed by atoms with Gasteiger partial charge in [0.25, 0.3) is 0 Å². The number of rotatable bonds is 2. The number of nitrogens with zero attached hydrogens (tertiary/aromatic N) is 1. The van der Waals surface area contributed by atoms with E-state index in [-0.39, 0.29) is 5.54 Å². The maximum atomic E-state index is 5.20. The Balaban J connectivity index is 1.79. The van der Waals surface area contributed by atoms with Gasteiger partial charge in [-0.15, -0.1) is 0 Å². The summed E-state index contributed by atoms with van der Waals surface area (Å²) < 4.78 is 5.20. The first-order chi connectivity index (χ1) is 5.68. The summed E-state index contributed by atoms with van der Waals surface area (Å²) in [7, 11) is 2.18. The van der Waals surface area contributed by atoms with E-state index in [9.17, 15) is 0 Å². The van der Waals surface area contributed by atoms with Gasteiger partial charge in [0.15, 0.2) is 0 Å². The van der Waals surface area contributed by atoms with E-state index in [0.29, 0.717) is 6.04 Å². The Morgan fingerprint density at radius 1 is 1.50 bits per heavy atom. The van der Waals surface area contributed by atoms with Crippen LogP contribution in [0.4, 0.5) is 0 Å². The Morgan fingerprint density at radius 3 is 2.67 bits per heavy atom. The molecule has 0 spiro atoms. The zero-order valence-corrected chi connectivity index (χ0v) is 7.97. The monoisotopic (exact) mass is 170 g/mol. The summed E-state index contributed by atoms with van der Waals surface area (Å²) in [5.74, 6) is 0. The molecule has 2 saturated heterocycles. The van der Waals surface area contributed by atoms with Crippen LogP contribution in [0.5, 0.6) is 0 Å². The van der Waals surface area contributed by atoms with Crippen molar-refractivity contribution >= 4 is 0 Å². The van der Waals surface area contributed by atoms with Crippen LogP contribution in [0.1, 0.15) is 13.3 Å². The van der Waals surface area contributed by atoms with Crippen LogP contribution in [-0.2, 0) is 4.74 Å². The van der Waals surface area contributed by atoms with Crippen molar-refractivity contribution in [3.05, 3.63) is 0 Å². The van der Waals surface area contributed by atoms with Gasteiger partial charge in [-0.3, -0.25) is 0 Å². The Hall–Kier alpha value is -0.120. The lowest BCUT2D eigenvalue weighted by Gasteiger charge is -2.41. The second-order valence-electron chi connectivity index (χ2n) is 4.45. The Kier molecular flexibility index (Phi) is 2.10. The van der Waals surface area contributed by atoms with Gasteiger partial charge in [0.1, 0.15) is 0 Å². The highest BCUT2D eigenvalue weighted by Gasteiger charge is 2.36. The molecular weight excluding hydrogens is 152 g/mol. The van der Waals surface area contributed by atoms with E-state index in [0.717, 1.165) is 13.2 Å². The number of hydrogen-bond acceptors (Lipinski definition) is 3. The maximum Gasteiger partial charge on any atom is 0.0669 e. The molecule has 0 radical (unpaired) electrons. The number of hydrogen-bond donors (Lipinski definition) is 1. The predicted octanol–water partition coefficient (Wildman–Crippen LogP) is 0.0690. The lowest BCUT2D eigenvalue weighted by atomic mass is 9.99. The normalized spacial score (nSPS) is 35.0. The standard InChI is InChI=1S/C9H18N2O/c1-9(6-12-7-9)10-8-3-4-11(2)5-8/h8,10H,3-7H2,1-2H3/t8-/m0/s1. The second kappa shape index (κ2) is 2.98. The van der Waals surface area contributed by atoms with Crippen molar-refractivity contribution in [1.29, 1.82) is 0 Å². The molecule has 0 aromatic heterocycles. The average Bonchev–Trinajstić information content (AvgIpc) is 2.32. The molecule has 0 unspecified atom stereocenters. The molecule has 70 valence electrons. The fraction of sp³-hybridized carbons (Fsp3) is 1.00. The molecule has 0 aromatic rings. The third-order valence-corrected chi connectivity index (χ3v) is 2.79. The molecule has 0 aliphatic carbocycles. The molecule has 0 aromatic carbocycles. The maximum absolute atomic E-state index is 5.20. The quantitative estimate of drug-likeness (QED) is 0.634. The van der Waals surface area contributed by atoms with Crippen LogP contribution in [-0.4, -0.2) is 49.8 Å². The predicted molar refractivity (Wildman–Crippen MR) is 48.3 cm³/mol. The molecule has 2 heterocycles. The van der Waals surface area contributed by atoms with E-state index >= 15 is 0 Å². The molecule has 0 saturated carbocycles. The minimum absolute atomic E-state index is 0.274. The van der Waals surface area contributed by atoms with E-state index in [1.807, 2.05) is 0 Å². The summed E-state index contributed by atoms with van der Waals surface area (Å²) in [6.07, 6.45) is 1.28. The lowest BCUT2D eigenvalue weighted by molar-refractivity contribution is -0.0687. The van der Waals surface area contributed by atoms with Crippen molar-refractivity contribution in [1.82, 2.24) is 10.2 Å². The second-order valence-corrected chi connectivity index (χ2v) is 4.45. The highest BCUT2D eigenvalue weighted by Crippen LogP contribution is 2.19. The van der Waals surface area contributed by atoms with Gasteiger partial charge in [-0.2, -0.15) is 0 Å². The first-order valence-electron chi connectivity index (χ1n) is 4.72. The van der Waals surface area contributed by atoms with Gasteiger partial charge in [0.05, 0.1) is 18.8 Å². The average molecular weight is 170 g/mol. The first-order valence-corrected chi connectivity index (χ1v) is 4.72. The molecule has 3 nitrogen and oxygen atoms in total. The summed E-state index contributed by atoms with van der Waals surface area (Å²) >= 11 is 0. The highest BCUT2D eigenvalue weighted by molar-refractivity contribution is 4.94. The van der Waals surface area contributed by atoms with Crippen molar-refractivity contribution < 1.29 is 4.74 Å². The van der Waals surface area contributed by atoms with E-state index in [1.54, 1.807) is 0 Å². The Bertz CT molecular complexity index is 168. The van der Waals surface area contributed by atoms with Gasteiger partial charge in [-0.25, -0.2) is 0 Å². The third kappa shape index (κ3) is 1.63. The molecule has 3 heteroatoms. The summed E-state index contributed by atoms with van der Waals surface area (Å²) in [4.78, 5) is 2.38. The van der Waals surface area contributed by atoms with Gasteiger partial charge in [-0.1, -0.05) is 0 Å². The molecule has 1 N–H and O–H groups in total. The molecular formula is C9H18N2O. The Labute approximate surface area is 74.1 Å². The third-order valence-electron chi connectivity index (χ3n) is 2.79. The van der Waals surface area contributed by atoms with Crippen LogP contribution in [0.2, 0.25) is 0 Å². The zero-order chi connectivity index (χ0) is 8.60. The molecule has 1 atom stereocenters. The van der Waals surface area contributed by atoms with Crippen LogP contribution in [0.3, 0.4) is 0 Å². The molecule has 12 heavy (non-hydrogen) atoms. The largest absolute Gasteiger partial charge is 0.377 e. The van der Waals surface area contributed by atoms with Crippen LogP contribution >= 0.6 is 0 Å².